The predicted octanol–water partition coefficient (Wildman–Crippen LogP) is 4.26. The zero-order valence-electron chi connectivity index (χ0n) is 25.1. The van der Waals surface area contributed by atoms with Crippen LogP contribution in [0.15, 0.2) is 36.4 Å². The van der Waals surface area contributed by atoms with Crippen molar-refractivity contribution in [2.24, 2.45) is 7.05 Å². The number of rotatable bonds is 13. The molecule has 1 aromatic carbocycles. The molecule has 1 atom stereocenters. The van der Waals surface area contributed by atoms with Gasteiger partial charge in [0, 0.05) is 38.1 Å². The number of amides is 1. The lowest BCUT2D eigenvalue weighted by Crippen LogP contribution is -2.42. The van der Waals surface area contributed by atoms with Crippen LogP contribution in [0, 0.1) is 0 Å². The molecular formula is C31H45N7O3. The van der Waals surface area contributed by atoms with Crippen molar-refractivity contribution in [3.05, 3.63) is 47.7 Å². The zero-order valence-corrected chi connectivity index (χ0v) is 25.1. The number of esters is 1. The summed E-state index contributed by atoms with van der Waals surface area (Å²) < 4.78 is 7.58. The van der Waals surface area contributed by atoms with Gasteiger partial charge in [-0.3, -0.25) is 14.4 Å². The van der Waals surface area contributed by atoms with E-state index in [2.05, 4.69) is 38.1 Å². The topological polar surface area (TPSA) is 113 Å². The molecule has 10 heteroatoms. The Morgan fingerprint density at radius 3 is 2.73 bits per heavy atom. The number of pyridine rings is 1. The highest BCUT2D eigenvalue weighted by Gasteiger charge is 2.27. The van der Waals surface area contributed by atoms with Gasteiger partial charge in [-0.15, -0.1) is 0 Å². The normalized spacial score (nSPS) is 13.9. The average molecular weight is 564 g/mol. The summed E-state index contributed by atoms with van der Waals surface area (Å²) in [6.45, 7) is 9.92. The Hall–Kier alpha value is -3.66. The van der Waals surface area contributed by atoms with Crippen LogP contribution in [0.3, 0.4) is 0 Å². The van der Waals surface area contributed by atoms with Gasteiger partial charge < -0.3 is 20.7 Å². The minimum absolute atomic E-state index is 0.0810. The Balaban J connectivity index is 1.38. The lowest BCUT2D eigenvalue weighted by atomic mass is 10.1. The Labute approximate surface area is 243 Å². The van der Waals surface area contributed by atoms with Gasteiger partial charge in [0.2, 0.25) is 5.91 Å². The third-order valence-electron chi connectivity index (χ3n) is 7.15. The van der Waals surface area contributed by atoms with E-state index in [1.807, 2.05) is 52.1 Å². The van der Waals surface area contributed by atoms with E-state index >= 15 is 0 Å². The van der Waals surface area contributed by atoms with Gasteiger partial charge >= 0.3 is 5.97 Å². The summed E-state index contributed by atoms with van der Waals surface area (Å²) in [5.41, 5.74) is 2.77. The number of hydrogen-bond acceptors (Lipinski definition) is 8. The maximum atomic E-state index is 13.3. The number of ether oxygens (including phenoxy) is 1. The van der Waals surface area contributed by atoms with Crippen molar-refractivity contribution in [3.63, 3.8) is 0 Å². The second-order valence-electron chi connectivity index (χ2n) is 11.8. The molecule has 0 radical (unpaired) electrons. The molecule has 0 saturated carbocycles. The predicted molar refractivity (Wildman–Crippen MR) is 163 cm³/mol. The van der Waals surface area contributed by atoms with Crippen molar-refractivity contribution in [2.75, 3.05) is 36.9 Å². The molecule has 41 heavy (non-hydrogen) atoms. The first kappa shape index (κ1) is 30.3. The number of aryl methyl sites for hydroxylation is 3. The average Bonchev–Trinajstić information content (AvgIpc) is 3.25. The van der Waals surface area contributed by atoms with Crippen LogP contribution in [0.2, 0.25) is 0 Å². The molecule has 3 N–H and O–H groups in total. The van der Waals surface area contributed by atoms with Crippen LogP contribution in [0.4, 0.5) is 11.6 Å². The van der Waals surface area contributed by atoms with Crippen molar-refractivity contribution in [3.8, 4) is 0 Å². The van der Waals surface area contributed by atoms with Crippen LogP contribution in [-0.2, 0) is 34.2 Å². The molecule has 4 rings (SSSR count). The molecule has 1 aliphatic heterocycles. The Bertz CT molecular complexity index is 1330. The van der Waals surface area contributed by atoms with Crippen LogP contribution in [0.1, 0.15) is 64.6 Å². The summed E-state index contributed by atoms with van der Waals surface area (Å²) >= 11 is 0. The summed E-state index contributed by atoms with van der Waals surface area (Å²) in [4.78, 5) is 32.0. The van der Waals surface area contributed by atoms with E-state index in [0.717, 1.165) is 67.6 Å². The van der Waals surface area contributed by atoms with Crippen molar-refractivity contribution in [2.45, 2.75) is 77.9 Å². The first-order valence-electron chi connectivity index (χ1n) is 14.7. The van der Waals surface area contributed by atoms with Crippen molar-refractivity contribution >= 4 is 34.4 Å². The summed E-state index contributed by atoms with van der Waals surface area (Å²) in [5.74, 6) is 1.28. The van der Waals surface area contributed by atoms with E-state index in [1.54, 1.807) is 4.68 Å². The number of aromatic nitrogens is 3. The molecule has 3 aromatic rings. The number of fused-ring (bicyclic) bond motifs is 2. The third kappa shape index (κ3) is 8.91. The maximum Gasteiger partial charge on any atom is 0.329 e. The van der Waals surface area contributed by atoms with Crippen LogP contribution in [-0.4, -0.2) is 69.5 Å². The number of carbonyl (C=O) groups is 2. The van der Waals surface area contributed by atoms with Gasteiger partial charge in [0.05, 0.1) is 12.2 Å². The second kappa shape index (κ2) is 13.8. The quantitative estimate of drug-likeness (QED) is 0.161. The molecule has 0 fully saturated rings. The fraction of sp³-hybridized carbons (Fsp3) is 0.548. The summed E-state index contributed by atoms with van der Waals surface area (Å²) in [6.07, 6.45) is 5.57. The Morgan fingerprint density at radius 2 is 1.95 bits per heavy atom. The van der Waals surface area contributed by atoms with E-state index in [0.29, 0.717) is 25.5 Å². The van der Waals surface area contributed by atoms with Crippen LogP contribution in [0.5, 0.6) is 0 Å². The number of unbranched alkanes of at least 4 members (excludes halogenated alkanes) is 1. The summed E-state index contributed by atoms with van der Waals surface area (Å²) in [7, 11) is 1.89. The Morgan fingerprint density at radius 1 is 1.15 bits per heavy atom. The van der Waals surface area contributed by atoms with Gasteiger partial charge in [-0.05, 0) is 89.6 Å². The molecule has 1 amide bonds. The lowest BCUT2D eigenvalue weighted by molar-refractivity contribution is -0.156. The van der Waals surface area contributed by atoms with Gasteiger partial charge in [0.25, 0.3) is 0 Å². The molecule has 1 unspecified atom stereocenters. The standard InChI is InChI=1S/C31H45N7O3/c1-22(39)33-21-38(19-9-8-12-24-16-15-23-11-10-18-32-28(23)34-24)20-17-26(30(40)41-31(2,3)4)35-29-25-13-6-7-14-27(25)37(5)36-29/h6-7,13-16,26H,8-12,17-21H2,1-5H3,(H,32,34)(H,33,39)(H,35,36). The number of anilines is 2. The third-order valence-corrected chi connectivity index (χ3v) is 7.15. The summed E-state index contributed by atoms with van der Waals surface area (Å²) in [5, 5.41) is 15.3. The molecular weight excluding hydrogens is 518 g/mol. The molecule has 222 valence electrons. The van der Waals surface area contributed by atoms with Gasteiger partial charge in [-0.2, -0.15) is 5.10 Å². The van der Waals surface area contributed by atoms with E-state index in [9.17, 15) is 9.59 Å². The number of carbonyl (C=O) groups excluding carboxylic acids is 2. The highest BCUT2D eigenvalue weighted by molar-refractivity contribution is 5.92. The fourth-order valence-corrected chi connectivity index (χ4v) is 5.06. The largest absolute Gasteiger partial charge is 0.458 e. The zero-order chi connectivity index (χ0) is 29.4. The monoisotopic (exact) mass is 563 g/mol. The number of hydrogen-bond donors (Lipinski definition) is 3. The highest BCUT2D eigenvalue weighted by Crippen LogP contribution is 2.24. The van der Waals surface area contributed by atoms with Gasteiger partial charge in [-0.25, -0.2) is 9.78 Å². The first-order valence-corrected chi connectivity index (χ1v) is 14.7. The minimum atomic E-state index is -0.612. The maximum absolute atomic E-state index is 13.3. The molecule has 10 nitrogen and oxygen atoms in total. The number of benzene rings is 1. The van der Waals surface area contributed by atoms with Gasteiger partial charge in [0.15, 0.2) is 5.82 Å². The number of nitrogens with zero attached hydrogens (tertiary/aromatic N) is 4. The second-order valence-corrected chi connectivity index (χ2v) is 11.8. The summed E-state index contributed by atoms with van der Waals surface area (Å²) in [6, 6.07) is 11.7. The van der Waals surface area contributed by atoms with E-state index in [1.165, 1.54) is 12.5 Å². The lowest BCUT2D eigenvalue weighted by Gasteiger charge is -2.27. The van der Waals surface area contributed by atoms with E-state index in [-0.39, 0.29) is 11.9 Å². The van der Waals surface area contributed by atoms with Crippen LogP contribution in [0.25, 0.3) is 10.9 Å². The van der Waals surface area contributed by atoms with Crippen molar-refractivity contribution < 1.29 is 14.3 Å². The molecule has 0 spiro atoms. The molecule has 1 aliphatic rings. The first-order chi connectivity index (χ1) is 19.6. The SMILES string of the molecule is CC(=O)NCN(CCCCc1ccc2c(n1)NCCC2)CCC(Nc1nn(C)c2ccccc12)C(=O)OC(C)(C)C. The van der Waals surface area contributed by atoms with Crippen molar-refractivity contribution in [1.82, 2.24) is 25.0 Å². The fourth-order valence-electron chi connectivity index (χ4n) is 5.06. The smallest absolute Gasteiger partial charge is 0.329 e. The van der Waals surface area contributed by atoms with Crippen LogP contribution < -0.4 is 16.0 Å². The number of nitrogens with one attached hydrogen (secondary N) is 3. The number of para-hydroxylation sites is 1. The highest BCUT2D eigenvalue weighted by atomic mass is 16.6. The minimum Gasteiger partial charge on any atom is -0.458 e. The Kier molecular flexibility index (Phi) is 10.2. The van der Waals surface area contributed by atoms with E-state index in [4.69, 9.17) is 9.72 Å². The molecule has 0 bridgehead atoms. The van der Waals surface area contributed by atoms with Crippen molar-refractivity contribution in [1.29, 1.82) is 0 Å². The molecule has 0 aliphatic carbocycles. The molecule has 3 heterocycles. The van der Waals surface area contributed by atoms with Gasteiger partial charge in [0.1, 0.15) is 17.5 Å². The molecule has 2 aromatic heterocycles. The molecule has 0 saturated heterocycles. The van der Waals surface area contributed by atoms with Crippen LogP contribution >= 0.6 is 0 Å². The van der Waals surface area contributed by atoms with E-state index < -0.39 is 11.6 Å². The van der Waals surface area contributed by atoms with Gasteiger partial charge in [-0.1, -0.05) is 18.2 Å².